The molecule has 0 atom stereocenters. The van der Waals surface area contributed by atoms with Crippen LogP contribution in [0.3, 0.4) is 0 Å². The maximum atomic E-state index is 2.32. The Bertz CT molecular complexity index is 1450. The van der Waals surface area contributed by atoms with Gasteiger partial charge < -0.3 is 24.8 Å². The summed E-state index contributed by atoms with van der Waals surface area (Å²) >= 11 is 0. The summed E-state index contributed by atoms with van der Waals surface area (Å²) in [6, 6.07) is 51.9. The molecule has 4 heteroatoms. The number of hydrogen-bond acceptors (Lipinski definition) is 0. The van der Waals surface area contributed by atoms with E-state index in [1.54, 1.807) is 0 Å². The van der Waals surface area contributed by atoms with E-state index in [0.29, 0.717) is 0 Å². The summed E-state index contributed by atoms with van der Waals surface area (Å²) in [7, 11) is 4.31. The first-order chi connectivity index (χ1) is 18.7. The van der Waals surface area contributed by atoms with Crippen LogP contribution in [0, 0.1) is 0 Å². The van der Waals surface area contributed by atoms with Crippen LogP contribution < -0.4 is 33.9 Å². The highest BCUT2D eigenvalue weighted by atomic mass is 35.5. The van der Waals surface area contributed by atoms with Gasteiger partial charge in [0.1, 0.15) is 14.1 Å². The fraction of sp³-hybridized carbons (Fsp3) is 0.0556. The molecular formula is C36H30Cl2N2. The predicted octanol–water partition coefficient (Wildman–Crippen LogP) is 1.68. The quantitative estimate of drug-likeness (QED) is 0.283. The van der Waals surface area contributed by atoms with Gasteiger partial charge in [-0.15, -0.1) is 0 Å². The van der Waals surface area contributed by atoms with Crippen molar-refractivity contribution in [2.75, 3.05) is 0 Å². The zero-order valence-electron chi connectivity index (χ0n) is 22.5. The van der Waals surface area contributed by atoms with Crippen molar-refractivity contribution >= 4 is 0 Å². The van der Waals surface area contributed by atoms with Gasteiger partial charge in [-0.25, -0.2) is 0 Å². The molecule has 198 valence electrons. The maximum Gasteiger partial charge on any atom is 0.213 e. The molecule has 0 unspecified atom stereocenters. The van der Waals surface area contributed by atoms with Crippen LogP contribution in [0.4, 0.5) is 0 Å². The number of benzene rings is 4. The molecule has 2 heterocycles. The third-order valence-corrected chi connectivity index (χ3v) is 7.23. The number of hydrogen-bond donors (Lipinski definition) is 0. The third-order valence-electron chi connectivity index (χ3n) is 7.23. The van der Waals surface area contributed by atoms with Crippen molar-refractivity contribution in [3.05, 3.63) is 146 Å². The minimum atomic E-state index is 0. The van der Waals surface area contributed by atoms with Gasteiger partial charge in [0.2, 0.25) is 22.8 Å². The van der Waals surface area contributed by atoms with Gasteiger partial charge in [-0.1, -0.05) is 72.8 Å². The Kier molecular flexibility index (Phi) is 9.16. The second-order valence-electron chi connectivity index (χ2n) is 9.61. The van der Waals surface area contributed by atoms with Crippen molar-refractivity contribution < 1.29 is 33.9 Å². The zero-order valence-corrected chi connectivity index (χ0v) is 24.0. The van der Waals surface area contributed by atoms with Crippen LogP contribution in [0.25, 0.3) is 56.2 Å². The molecule has 0 radical (unpaired) electrons. The number of nitrogens with zero attached hydrogens (tertiary/aromatic N) is 2. The molecule has 0 amide bonds. The van der Waals surface area contributed by atoms with E-state index in [2.05, 4.69) is 169 Å². The number of aromatic nitrogens is 2. The third kappa shape index (κ3) is 5.70. The molecule has 0 aliphatic heterocycles. The van der Waals surface area contributed by atoms with Gasteiger partial charge in [-0.05, 0) is 59.7 Å². The van der Waals surface area contributed by atoms with Crippen LogP contribution in [-0.4, -0.2) is 0 Å². The molecule has 0 aliphatic rings. The standard InChI is InChI=1S/C36H30N2.2ClH/c1-37-33(27-15-7-3-8-16-27)23-31(24-34(37)28-17-9-4-10-18-28)32-25-35(29-19-11-5-12-20-29)38(2)36(26-32)30-21-13-6-14-22-30;;/h3-26H,1-2H3;2*1H/q+2;;/p-2. The van der Waals surface area contributed by atoms with Gasteiger partial charge in [0.05, 0.1) is 0 Å². The van der Waals surface area contributed by atoms with Gasteiger partial charge in [-0.2, -0.15) is 9.13 Å². The van der Waals surface area contributed by atoms with Crippen LogP contribution in [0.1, 0.15) is 0 Å². The summed E-state index contributed by atoms with van der Waals surface area (Å²) in [4.78, 5) is 0. The molecule has 0 saturated carbocycles. The van der Waals surface area contributed by atoms with Gasteiger partial charge in [-0.3, -0.25) is 0 Å². The minimum absolute atomic E-state index is 0. The Labute approximate surface area is 249 Å². The van der Waals surface area contributed by atoms with E-state index in [0.717, 1.165) is 0 Å². The number of pyridine rings is 2. The molecule has 40 heavy (non-hydrogen) atoms. The van der Waals surface area contributed by atoms with Gasteiger partial charge in [0.15, 0.2) is 0 Å². The van der Waals surface area contributed by atoms with E-state index in [1.165, 1.54) is 56.2 Å². The number of halogens is 2. The van der Waals surface area contributed by atoms with E-state index < -0.39 is 0 Å². The molecule has 0 saturated heterocycles. The van der Waals surface area contributed by atoms with E-state index in [1.807, 2.05) is 0 Å². The van der Waals surface area contributed by atoms with E-state index in [-0.39, 0.29) is 24.8 Å². The Morgan fingerprint density at radius 1 is 0.300 bits per heavy atom. The molecule has 0 bridgehead atoms. The number of rotatable bonds is 5. The fourth-order valence-electron chi connectivity index (χ4n) is 5.20. The van der Waals surface area contributed by atoms with Crippen molar-refractivity contribution in [2.24, 2.45) is 14.1 Å². The molecule has 4 aromatic carbocycles. The zero-order chi connectivity index (χ0) is 25.9. The Morgan fingerprint density at radius 3 is 0.700 bits per heavy atom. The normalized spacial score (nSPS) is 10.3. The predicted molar refractivity (Wildman–Crippen MR) is 156 cm³/mol. The second kappa shape index (κ2) is 12.7. The Morgan fingerprint density at radius 2 is 0.500 bits per heavy atom. The van der Waals surface area contributed by atoms with Crippen LogP contribution in [-0.2, 0) is 14.1 Å². The highest BCUT2D eigenvalue weighted by molar-refractivity contribution is 5.78. The summed E-state index contributed by atoms with van der Waals surface area (Å²) in [5.74, 6) is 0. The lowest BCUT2D eigenvalue weighted by atomic mass is 9.96. The monoisotopic (exact) mass is 560 g/mol. The Balaban J connectivity index is 0.00000185. The van der Waals surface area contributed by atoms with Crippen LogP contribution in [0.5, 0.6) is 0 Å². The first kappa shape index (κ1) is 28.8. The lowest BCUT2D eigenvalue weighted by molar-refractivity contribution is -0.649. The lowest BCUT2D eigenvalue weighted by Gasteiger charge is -2.12. The SMILES string of the molecule is C[n+]1c(-c2ccccc2)cc(-c2cc(-c3ccccc3)[n+](C)c(-c3ccccc3)c2)cc1-c1ccccc1.[Cl-].[Cl-]. The molecule has 0 aliphatic carbocycles. The van der Waals surface area contributed by atoms with Gasteiger partial charge >= 0.3 is 0 Å². The first-order valence-corrected chi connectivity index (χ1v) is 13.0. The van der Waals surface area contributed by atoms with Crippen LogP contribution in [0.2, 0.25) is 0 Å². The molecular weight excluding hydrogens is 531 g/mol. The lowest BCUT2D eigenvalue weighted by Crippen LogP contribution is -3.00. The maximum absolute atomic E-state index is 2.32. The molecule has 0 spiro atoms. The van der Waals surface area contributed by atoms with Crippen molar-refractivity contribution in [1.29, 1.82) is 0 Å². The smallest absolute Gasteiger partial charge is 0.213 e. The highest BCUT2D eigenvalue weighted by Gasteiger charge is 2.23. The van der Waals surface area contributed by atoms with Crippen molar-refractivity contribution in [3.8, 4) is 56.2 Å². The van der Waals surface area contributed by atoms with Crippen molar-refractivity contribution in [1.82, 2.24) is 0 Å². The molecule has 0 fully saturated rings. The second-order valence-corrected chi connectivity index (χ2v) is 9.61. The summed E-state index contributed by atoms with van der Waals surface area (Å²) in [6.45, 7) is 0. The van der Waals surface area contributed by atoms with E-state index >= 15 is 0 Å². The summed E-state index contributed by atoms with van der Waals surface area (Å²) in [5, 5.41) is 0. The fourth-order valence-corrected chi connectivity index (χ4v) is 5.20. The summed E-state index contributed by atoms with van der Waals surface area (Å²) < 4.78 is 4.60. The first-order valence-electron chi connectivity index (χ1n) is 13.0. The average Bonchev–Trinajstić information content (AvgIpc) is 2.99. The molecule has 6 rings (SSSR count). The van der Waals surface area contributed by atoms with E-state index in [4.69, 9.17) is 0 Å². The summed E-state index contributed by atoms with van der Waals surface area (Å²) in [6.07, 6.45) is 0. The van der Waals surface area contributed by atoms with Crippen LogP contribution in [0.15, 0.2) is 146 Å². The molecule has 0 N–H and O–H groups in total. The minimum Gasteiger partial charge on any atom is -1.00 e. The Hall–Kier alpha value is -4.24. The van der Waals surface area contributed by atoms with Crippen LogP contribution >= 0.6 is 0 Å². The molecule has 6 aromatic rings. The van der Waals surface area contributed by atoms with Crippen molar-refractivity contribution in [3.63, 3.8) is 0 Å². The highest BCUT2D eigenvalue weighted by Crippen LogP contribution is 2.32. The van der Waals surface area contributed by atoms with Gasteiger partial charge in [0, 0.05) is 46.5 Å². The molecule has 2 aromatic heterocycles. The average molecular weight is 562 g/mol. The topological polar surface area (TPSA) is 7.76 Å². The molecule has 2 nitrogen and oxygen atoms in total. The largest absolute Gasteiger partial charge is 1.00 e. The summed E-state index contributed by atoms with van der Waals surface area (Å²) in [5.41, 5.74) is 11.9. The van der Waals surface area contributed by atoms with Gasteiger partial charge in [0.25, 0.3) is 0 Å². The van der Waals surface area contributed by atoms with Crippen molar-refractivity contribution in [2.45, 2.75) is 0 Å². The van der Waals surface area contributed by atoms with E-state index in [9.17, 15) is 0 Å².